The van der Waals surface area contributed by atoms with E-state index < -0.39 is 29.1 Å². The maximum absolute atomic E-state index is 13.6. The first-order chi connectivity index (χ1) is 19.6. The van der Waals surface area contributed by atoms with Gasteiger partial charge in [-0.1, -0.05) is 43.6 Å². The van der Waals surface area contributed by atoms with Crippen molar-refractivity contribution in [3.8, 4) is 0 Å². The summed E-state index contributed by atoms with van der Waals surface area (Å²) in [5, 5.41) is 9.07. The first kappa shape index (κ1) is 33.7. The molecule has 0 radical (unpaired) electrons. The molecule has 0 aliphatic heterocycles. The van der Waals surface area contributed by atoms with Crippen molar-refractivity contribution in [3.63, 3.8) is 0 Å². The Hall–Kier alpha value is -3.80. The number of halogens is 5. The molecule has 2 amide bonds. The lowest BCUT2D eigenvalue weighted by atomic mass is 9.93. The predicted molar refractivity (Wildman–Crippen MR) is 168 cm³/mol. The van der Waals surface area contributed by atoms with Crippen LogP contribution in [0.1, 0.15) is 45.7 Å². The Bertz CT molecular complexity index is 1640. The lowest BCUT2D eigenvalue weighted by Gasteiger charge is -2.28. The van der Waals surface area contributed by atoms with Crippen LogP contribution >= 0.6 is 24.0 Å². The molecule has 13 heteroatoms. The molecule has 3 aromatic carbocycles. The highest BCUT2D eigenvalue weighted by Crippen LogP contribution is 2.33. The summed E-state index contributed by atoms with van der Waals surface area (Å²) >= 11 is 6.22. The smallest absolute Gasteiger partial charge is 0.355 e. The standard InChI is InChI=1S/C30H32ClF3N6O2.ClH/c1-17-22(31)11-8-12-23(17)37-27(42)20-13-18(36-26(41)19-9-6-7-10-21(19)30(32,33)34)14-24-25(20)39-28(38-24)35-15-29(2,3)16-40(4)5;/h6-14H,15-16H2,1-5H3,(H,36,41)(H,37,42)(H2,35,38,39);1H. The Balaban J connectivity index is 0.00000506. The van der Waals surface area contributed by atoms with Crippen LogP contribution in [0.25, 0.3) is 11.0 Å². The number of amides is 2. The van der Waals surface area contributed by atoms with Crippen LogP contribution in [0.2, 0.25) is 5.02 Å². The molecule has 0 aliphatic rings. The molecule has 0 atom stereocenters. The molecule has 0 spiro atoms. The van der Waals surface area contributed by atoms with E-state index in [1.807, 2.05) is 14.1 Å². The summed E-state index contributed by atoms with van der Waals surface area (Å²) in [7, 11) is 3.97. The van der Waals surface area contributed by atoms with E-state index in [0.717, 1.165) is 18.7 Å². The summed E-state index contributed by atoms with van der Waals surface area (Å²) in [6.45, 7) is 7.32. The second kappa shape index (κ2) is 13.2. The number of hydrogen-bond acceptors (Lipinski definition) is 5. The van der Waals surface area contributed by atoms with Crippen molar-refractivity contribution in [2.24, 2.45) is 5.41 Å². The highest BCUT2D eigenvalue weighted by atomic mass is 35.5. The molecular formula is C30H33Cl2F3N6O2. The van der Waals surface area contributed by atoms with Gasteiger partial charge in [-0.15, -0.1) is 12.4 Å². The third kappa shape index (κ3) is 8.19. The van der Waals surface area contributed by atoms with E-state index in [1.54, 1.807) is 25.1 Å². The zero-order valence-corrected chi connectivity index (χ0v) is 25.8. The SMILES string of the molecule is Cc1c(Cl)cccc1NC(=O)c1cc(NC(=O)c2ccccc2C(F)(F)F)cc2[nH]c(NCC(C)(C)CN(C)C)nc12.Cl. The van der Waals surface area contributed by atoms with Crippen LogP contribution in [-0.2, 0) is 6.18 Å². The maximum Gasteiger partial charge on any atom is 0.417 e. The number of alkyl halides is 3. The van der Waals surface area contributed by atoms with Gasteiger partial charge in [0.2, 0.25) is 5.95 Å². The normalized spacial score (nSPS) is 11.8. The van der Waals surface area contributed by atoms with E-state index >= 15 is 0 Å². The first-order valence-corrected chi connectivity index (χ1v) is 13.5. The van der Waals surface area contributed by atoms with E-state index in [1.165, 1.54) is 24.3 Å². The van der Waals surface area contributed by atoms with Gasteiger partial charge in [-0.25, -0.2) is 4.98 Å². The summed E-state index contributed by atoms with van der Waals surface area (Å²) in [5.74, 6) is -1.11. The van der Waals surface area contributed by atoms with Crippen molar-refractivity contribution in [3.05, 3.63) is 81.9 Å². The Morgan fingerprint density at radius 2 is 1.65 bits per heavy atom. The lowest BCUT2D eigenvalue weighted by molar-refractivity contribution is -0.137. The quantitative estimate of drug-likeness (QED) is 0.153. The number of carbonyl (C=O) groups is 2. The summed E-state index contributed by atoms with van der Waals surface area (Å²) in [4.78, 5) is 36.3. The van der Waals surface area contributed by atoms with E-state index in [2.05, 4.69) is 44.7 Å². The molecule has 0 aliphatic carbocycles. The van der Waals surface area contributed by atoms with E-state index in [9.17, 15) is 22.8 Å². The summed E-state index contributed by atoms with van der Waals surface area (Å²) < 4.78 is 40.7. The number of benzene rings is 3. The van der Waals surface area contributed by atoms with Crippen LogP contribution in [0.15, 0.2) is 54.6 Å². The summed E-state index contributed by atoms with van der Waals surface area (Å²) in [6.07, 6.45) is -4.72. The Kier molecular flexibility index (Phi) is 10.4. The monoisotopic (exact) mass is 636 g/mol. The average molecular weight is 638 g/mol. The average Bonchev–Trinajstić information content (AvgIpc) is 3.31. The summed E-state index contributed by atoms with van der Waals surface area (Å²) in [6, 6.07) is 12.5. The van der Waals surface area contributed by atoms with Gasteiger partial charge in [-0.2, -0.15) is 13.2 Å². The lowest BCUT2D eigenvalue weighted by Crippen LogP contribution is -2.34. The number of anilines is 3. The van der Waals surface area contributed by atoms with Crippen molar-refractivity contribution in [1.29, 1.82) is 0 Å². The topological polar surface area (TPSA) is 102 Å². The van der Waals surface area contributed by atoms with E-state index in [0.29, 0.717) is 39.8 Å². The largest absolute Gasteiger partial charge is 0.417 e. The minimum absolute atomic E-state index is 0. The number of carbonyl (C=O) groups excluding carboxylic acids is 2. The molecule has 0 saturated carbocycles. The molecule has 4 aromatic rings. The molecule has 1 heterocycles. The highest BCUT2D eigenvalue weighted by Gasteiger charge is 2.35. The van der Waals surface area contributed by atoms with Crippen molar-refractivity contribution < 1.29 is 22.8 Å². The van der Waals surface area contributed by atoms with Crippen LogP contribution in [-0.4, -0.2) is 53.9 Å². The number of aromatic amines is 1. The molecule has 0 saturated heterocycles. The molecule has 8 nitrogen and oxygen atoms in total. The van der Waals surface area contributed by atoms with Gasteiger partial charge in [0.25, 0.3) is 11.8 Å². The van der Waals surface area contributed by atoms with Crippen LogP contribution < -0.4 is 16.0 Å². The van der Waals surface area contributed by atoms with Gasteiger partial charge in [-0.3, -0.25) is 9.59 Å². The van der Waals surface area contributed by atoms with Gasteiger partial charge >= 0.3 is 6.18 Å². The van der Waals surface area contributed by atoms with Crippen molar-refractivity contribution in [2.75, 3.05) is 43.1 Å². The fourth-order valence-electron chi connectivity index (χ4n) is 4.74. The Labute approximate surface area is 258 Å². The van der Waals surface area contributed by atoms with Crippen LogP contribution in [0.3, 0.4) is 0 Å². The molecule has 1 aromatic heterocycles. The van der Waals surface area contributed by atoms with E-state index in [4.69, 9.17) is 11.6 Å². The van der Waals surface area contributed by atoms with Crippen LogP contribution in [0.5, 0.6) is 0 Å². The molecule has 4 N–H and O–H groups in total. The van der Waals surface area contributed by atoms with Gasteiger partial charge in [0.1, 0.15) is 5.52 Å². The maximum atomic E-state index is 13.6. The molecule has 4 rings (SSSR count). The van der Waals surface area contributed by atoms with Crippen molar-refractivity contribution >= 4 is 64.2 Å². The first-order valence-electron chi connectivity index (χ1n) is 13.1. The highest BCUT2D eigenvalue weighted by molar-refractivity contribution is 6.31. The molecule has 0 unspecified atom stereocenters. The summed E-state index contributed by atoms with van der Waals surface area (Å²) in [5.41, 5.74) is 0.345. The predicted octanol–water partition coefficient (Wildman–Crippen LogP) is 7.47. The van der Waals surface area contributed by atoms with Gasteiger partial charge in [0, 0.05) is 29.5 Å². The van der Waals surface area contributed by atoms with Crippen LogP contribution in [0.4, 0.5) is 30.5 Å². The van der Waals surface area contributed by atoms with Gasteiger partial charge < -0.3 is 25.8 Å². The number of aromatic nitrogens is 2. The van der Waals surface area contributed by atoms with Gasteiger partial charge in [0.15, 0.2) is 0 Å². The minimum Gasteiger partial charge on any atom is -0.355 e. The number of nitrogens with zero attached hydrogens (tertiary/aromatic N) is 2. The zero-order valence-electron chi connectivity index (χ0n) is 24.2. The molecule has 43 heavy (non-hydrogen) atoms. The van der Waals surface area contributed by atoms with E-state index in [-0.39, 0.29) is 29.1 Å². The Morgan fingerprint density at radius 3 is 2.33 bits per heavy atom. The zero-order chi connectivity index (χ0) is 30.8. The molecule has 230 valence electrons. The number of rotatable bonds is 9. The molecule has 0 fully saturated rings. The molecular weight excluding hydrogens is 604 g/mol. The fourth-order valence-corrected chi connectivity index (χ4v) is 4.92. The van der Waals surface area contributed by atoms with Crippen molar-refractivity contribution in [1.82, 2.24) is 14.9 Å². The third-order valence-corrected chi connectivity index (χ3v) is 6.97. The fraction of sp³-hybridized carbons (Fsp3) is 0.300. The number of hydrogen-bond donors (Lipinski definition) is 4. The third-order valence-electron chi connectivity index (χ3n) is 6.56. The van der Waals surface area contributed by atoms with Crippen molar-refractivity contribution in [2.45, 2.75) is 26.9 Å². The Morgan fingerprint density at radius 1 is 0.977 bits per heavy atom. The molecule has 0 bridgehead atoms. The number of nitrogens with one attached hydrogen (secondary N) is 4. The number of H-pyrrole nitrogens is 1. The van der Waals surface area contributed by atoms with Crippen LogP contribution in [0, 0.1) is 12.3 Å². The minimum atomic E-state index is -4.72. The van der Waals surface area contributed by atoms with Gasteiger partial charge in [-0.05, 0) is 68.4 Å². The second-order valence-corrected chi connectivity index (χ2v) is 11.5. The van der Waals surface area contributed by atoms with Gasteiger partial charge in [0.05, 0.1) is 22.2 Å². The number of fused-ring (bicyclic) bond motifs is 1. The second-order valence-electron chi connectivity index (χ2n) is 11.1. The number of imidazole rings is 1.